The van der Waals surface area contributed by atoms with Crippen LogP contribution >= 0.6 is 0 Å². The molecule has 1 N–H and O–H groups in total. The van der Waals surface area contributed by atoms with Gasteiger partial charge in [-0.2, -0.15) is 0 Å². The van der Waals surface area contributed by atoms with Crippen LogP contribution in [0.15, 0.2) is 35.5 Å². The molecular formula is C29H37FO4. The molecular weight excluding hydrogens is 431 g/mol. The van der Waals surface area contributed by atoms with Crippen LogP contribution in [0.3, 0.4) is 0 Å². The Bertz CT molecular complexity index is 1020. The lowest BCUT2D eigenvalue weighted by Gasteiger charge is -2.57. The van der Waals surface area contributed by atoms with Crippen LogP contribution in [-0.4, -0.2) is 34.2 Å². The molecule has 0 aromatic heterocycles. The van der Waals surface area contributed by atoms with Crippen molar-refractivity contribution in [3.63, 3.8) is 0 Å². The second-order valence-electron chi connectivity index (χ2n) is 12.1. The van der Waals surface area contributed by atoms with Gasteiger partial charge in [0, 0.05) is 29.7 Å². The van der Waals surface area contributed by atoms with Crippen LogP contribution in [0, 0.1) is 34.5 Å². The second kappa shape index (κ2) is 8.08. The number of rotatable bonds is 4. The molecule has 5 aliphatic carbocycles. The summed E-state index contributed by atoms with van der Waals surface area (Å²) in [5.74, 6) is -1.10. The average Bonchev–Trinajstić information content (AvgIpc) is 3.02. The van der Waals surface area contributed by atoms with Crippen molar-refractivity contribution < 1.29 is 23.9 Å². The van der Waals surface area contributed by atoms with Gasteiger partial charge in [0.15, 0.2) is 11.6 Å². The molecule has 3 fully saturated rings. The van der Waals surface area contributed by atoms with Crippen molar-refractivity contribution in [2.75, 3.05) is 0 Å². The summed E-state index contributed by atoms with van der Waals surface area (Å²) < 4.78 is 15.6. The Kier molecular flexibility index (Phi) is 5.66. The molecule has 0 radical (unpaired) electrons. The molecule has 0 spiro atoms. The van der Waals surface area contributed by atoms with Crippen molar-refractivity contribution in [2.45, 2.75) is 90.3 Å². The van der Waals surface area contributed by atoms with Gasteiger partial charge in [-0.15, -0.1) is 0 Å². The van der Waals surface area contributed by atoms with Crippen LogP contribution in [0.4, 0.5) is 4.39 Å². The summed E-state index contributed by atoms with van der Waals surface area (Å²) in [7, 11) is 0. The number of alkyl halides is 1. The molecule has 184 valence electrons. The van der Waals surface area contributed by atoms with E-state index in [1.54, 1.807) is 6.08 Å². The van der Waals surface area contributed by atoms with Gasteiger partial charge in [-0.05, 0) is 61.7 Å². The predicted octanol–water partition coefficient (Wildman–Crippen LogP) is 5.25. The molecule has 0 aliphatic heterocycles. The number of carbonyl (C=O) groups is 3. The molecule has 0 bridgehead atoms. The van der Waals surface area contributed by atoms with E-state index in [4.69, 9.17) is 0 Å². The second-order valence-corrected chi connectivity index (χ2v) is 12.1. The molecule has 5 aliphatic rings. The minimum absolute atomic E-state index is 0.0194. The zero-order valence-corrected chi connectivity index (χ0v) is 20.6. The van der Waals surface area contributed by atoms with Crippen LogP contribution in [0.25, 0.3) is 0 Å². The molecule has 0 aromatic carbocycles. The zero-order chi connectivity index (χ0) is 24.5. The maximum atomic E-state index is 15.6. The van der Waals surface area contributed by atoms with Crippen LogP contribution in [-0.2, 0) is 14.4 Å². The highest BCUT2D eigenvalue weighted by molar-refractivity contribution is 6.11. The molecule has 0 amide bonds. The van der Waals surface area contributed by atoms with Crippen molar-refractivity contribution in [1.29, 1.82) is 0 Å². The number of aliphatic hydroxyl groups is 1. The molecule has 0 heterocycles. The van der Waals surface area contributed by atoms with Gasteiger partial charge in [0.25, 0.3) is 0 Å². The topological polar surface area (TPSA) is 71.4 Å². The number of ketones is 3. The van der Waals surface area contributed by atoms with Gasteiger partial charge in [0.05, 0.1) is 6.42 Å². The molecule has 5 heteroatoms. The van der Waals surface area contributed by atoms with Crippen molar-refractivity contribution in [1.82, 2.24) is 0 Å². The maximum absolute atomic E-state index is 15.6. The van der Waals surface area contributed by atoms with Crippen LogP contribution in [0.2, 0.25) is 0 Å². The molecule has 0 unspecified atom stereocenters. The van der Waals surface area contributed by atoms with Crippen LogP contribution in [0.1, 0.15) is 78.6 Å². The monoisotopic (exact) mass is 468 g/mol. The molecule has 8 atom stereocenters. The number of halogens is 1. The van der Waals surface area contributed by atoms with E-state index >= 15 is 4.39 Å². The minimum Gasteiger partial charge on any atom is -0.381 e. The third-order valence-corrected chi connectivity index (χ3v) is 10.5. The highest BCUT2D eigenvalue weighted by Gasteiger charge is 2.68. The lowest BCUT2D eigenvalue weighted by atomic mass is 9.48. The SMILES string of the molecule is C[C@H]1C[C@H]2[C@@H]3C[C@H](F)[C@H]4CC(=O)CC[C@]4(C)C3=CC[C@]2(C)[C@@]1(O)C(=O)CC(=O)C1=CCCC=C1. The van der Waals surface area contributed by atoms with Crippen molar-refractivity contribution in [2.24, 2.45) is 34.5 Å². The van der Waals surface area contributed by atoms with Gasteiger partial charge in [-0.1, -0.05) is 50.6 Å². The fourth-order valence-corrected chi connectivity index (χ4v) is 8.46. The Balaban J connectivity index is 1.46. The van der Waals surface area contributed by atoms with Gasteiger partial charge >= 0.3 is 0 Å². The third kappa shape index (κ3) is 3.22. The van der Waals surface area contributed by atoms with Gasteiger partial charge in [0.1, 0.15) is 17.6 Å². The fourth-order valence-electron chi connectivity index (χ4n) is 8.46. The number of hydrogen-bond acceptors (Lipinski definition) is 4. The first kappa shape index (κ1) is 23.8. The number of carbonyl (C=O) groups excluding carboxylic acids is 3. The number of hydrogen-bond donors (Lipinski definition) is 1. The smallest absolute Gasteiger partial charge is 0.172 e. The van der Waals surface area contributed by atoms with E-state index < -0.39 is 23.0 Å². The van der Waals surface area contributed by atoms with Crippen molar-refractivity contribution in [3.05, 3.63) is 35.5 Å². The van der Waals surface area contributed by atoms with E-state index in [0.29, 0.717) is 44.1 Å². The summed E-state index contributed by atoms with van der Waals surface area (Å²) in [5.41, 5.74) is -0.873. The van der Waals surface area contributed by atoms with Gasteiger partial charge in [-0.3, -0.25) is 14.4 Å². The molecule has 0 aromatic rings. The highest BCUT2D eigenvalue weighted by atomic mass is 19.1. The first-order valence-corrected chi connectivity index (χ1v) is 13.0. The number of fused-ring (bicyclic) bond motifs is 5. The number of allylic oxidation sites excluding steroid dienone is 6. The Labute approximate surface area is 201 Å². The Hall–Kier alpha value is -1.88. The Morgan fingerprint density at radius 1 is 1.15 bits per heavy atom. The maximum Gasteiger partial charge on any atom is 0.172 e. The lowest BCUT2D eigenvalue weighted by Crippen LogP contribution is -2.58. The van der Waals surface area contributed by atoms with Gasteiger partial charge < -0.3 is 5.11 Å². The normalized spacial score (nSPS) is 45.6. The molecule has 0 saturated heterocycles. The highest BCUT2D eigenvalue weighted by Crippen LogP contribution is 2.67. The Morgan fingerprint density at radius 3 is 2.62 bits per heavy atom. The quantitative estimate of drug-likeness (QED) is 0.452. The van der Waals surface area contributed by atoms with E-state index in [1.807, 2.05) is 26.0 Å². The van der Waals surface area contributed by atoms with E-state index in [0.717, 1.165) is 12.8 Å². The summed E-state index contributed by atoms with van der Waals surface area (Å²) in [4.78, 5) is 38.5. The van der Waals surface area contributed by atoms with Crippen LogP contribution in [0.5, 0.6) is 0 Å². The summed E-state index contributed by atoms with van der Waals surface area (Å²) in [5, 5.41) is 12.0. The summed E-state index contributed by atoms with van der Waals surface area (Å²) in [6.45, 7) is 6.00. The van der Waals surface area contributed by atoms with Gasteiger partial charge in [-0.25, -0.2) is 4.39 Å². The van der Waals surface area contributed by atoms with E-state index in [2.05, 4.69) is 13.0 Å². The van der Waals surface area contributed by atoms with E-state index in [1.165, 1.54) is 5.57 Å². The zero-order valence-electron chi connectivity index (χ0n) is 20.6. The molecule has 4 nitrogen and oxygen atoms in total. The first-order chi connectivity index (χ1) is 16.0. The number of Topliss-reactive ketones (excluding diaryl/α,β-unsaturated/α-hetero) is 3. The Morgan fingerprint density at radius 2 is 1.91 bits per heavy atom. The van der Waals surface area contributed by atoms with E-state index in [9.17, 15) is 19.5 Å². The van der Waals surface area contributed by atoms with Crippen molar-refractivity contribution in [3.8, 4) is 0 Å². The first-order valence-electron chi connectivity index (χ1n) is 13.0. The third-order valence-electron chi connectivity index (χ3n) is 10.5. The molecule has 3 saturated carbocycles. The van der Waals surface area contributed by atoms with Crippen molar-refractivity contribution >= 4 is 17.3 Å². The molecule has 34 heavy (non-hydrogen) atoms. The predicted molar refractivity (Wildman–Crippen MR) is 128 cm³/mol. The van der Waals surface area contributed by atoms with Crippen LogP contribution < -0.4 is 0 Å². The van der Waals surface area contributed by atoms with Gasteiger partial charge in [0.2, 0.25) is 0 Å². The largest absolute Gasteiger partial charge is 0.381 e. The fraction of sp³-hybridized carbons (Fsp3) is 0.690. The minimum atomic E-state index is -1.61. The summed E-state index contributed by atoms with van der Waals surface area (Å²) in [6, 6.07) is 0. The van der Waals surface area contributed by atoms with E-state index in [-0.39, 0.29) is 47.1 Å². The summed E-state index contributed by atoms with van der Waals surface area (Å²) >= 11 is 0. The lowest BCUT2D eigenvalue weighted by molar-refractivity contribution is -0.160. The standard InChI is InChI=1S/C29H37FO4/c1-17-13-22-20-15-24(30)23-14-19(31)9-11-27(23,2)21(20)10-12-28(22,3)29(17,34)26(33)16-25(32)18-7-5-4-6-8-18/h5,7-8,10,17,20,22-24,34H,4,6,9,11-16H2,1-3H3/t17-,20+,22-,23+,24-,27+,28-,29-/m0/s1. The average molecular weight is 469 g/mol. The summed E-state index contributed by atoms with van der Waals surface area (Å²) in [6.07, 6.45) is 11.1. The molecule has 5 rings (SSSR count).